The summed E-state index contributed by atoms with van der Waals surface area (Å²) in [4.78, 5) is 41.4. The van der Waals surface area contributed by atoms with E-state index in [1.807, 2.05) is 12.1 Å². The average Bonchev–Trinajstić information content (AvgIpc) is 3.25. The van der Waals surface area contributed by atoms with Crippen LogP contribution in [0.1, 0.15) is 43.7 Å². The van der Waals surface area contributed by atoms with E-state index in [2.05, 4.69) is 43.3 Å². The molecule has 0 radical (unpaired) electrons. The molecule has 0 aliphatic carbocycles. The quantitative estimate of drug-likeness (QED) is 0.737. The fourth-order valence-electron chi connectivity index (χ4n) is 5.18. The summed E-state index contributed by atoms with van der Waals surface area (Å²) in [5.41, 5.74) is 9.65. The number of primary amides is 1. The van der Waals surface area contributed by atoms with Crippen molar-refractivity contribution < 1.29 is 14.4 Å². The molecular formula is C27H33N3O3. The molecule has 2 aliphatic rings. The van der Waals surface area contributed by atoms with Crippen LogP contribution >= 0.6 is 0 Å². The van der Waals surface area contributed by atoms with E-state index in [9.17, 15) is 14.4 Å². The van der Waals surface area contributed by atoms with Crippen molar-refractivity contribution >= 4 is 17.7 Å². The van der Waals surface area contributed by atoms with E-state index >= 15 is 0 Å². The van der Waals surface area contributed by atoms with E-state index in [1.165, 1.54) is 5.56 Å². The van der Waals surface area contributed by atoms with Crippen LogP contribution in [0.2, 0.25) is 0 Å². The van der Waals surface area contributed by atoms with Crippen molar-refractivity contribution in [2.75, 3.05) is 19.6 Å². The van der Waals surface area contributed by atoms with E-state index in [0.717, 1.165) is 29.5 Å². The molecule has 2 atom stereocenters. The maximum atomic E-state index is 13.2. The number of carbonyl (C=O) groups is 3. The Morgan fingerprint density at radius 1 is 1.00 bits per heavy atom. The third-order valence-corrected chi connectivity index (χ3v) is 7.23. The number of aryl methyl sites for hydroxylation is 1. The van der Waals surface area contributed by atoms with Crippen molar-refractivity contribution in [2.45, 2.75) is 52.0 Å². The Labute approximate surface area is 195 Å². The molecule has 0 saturated carbocycles. The first kappa shape index (κ1) is 23.0. The van der Waals surface area contributed by atoms with Crippen LogP contribution in [0.4, 0.5) is 0 Å². The maximum Gasteiger partial charge on any atom is 0.245 e. The van der Waals surface area contributed by atoms with Crippen LogP contribution in [0.3, 0.4) is 0 Å². The van der Waals surface area contributed by atoms with Crippen molar-refractivity contribution in [1.29, 1.82) is 0 Å². The number of nitrogens with two attached hydrogens (primary N) is 1. The molecule has 2 aromatic rings. The van der Waals surface area contributed by atoms with Crippen LogP contribution in [0.25, 0.3) is 11.1 Å². The molecule has 2 heterocycles. The van der Waals surface area contributed by atoms with Gasteiger partial charge in [0.05, 0.1) is 5.41 Å². The lowest BCUT2D eigenvalue weighted by Gasteiger charge is -2.42. The zero-order valence-corrected chi connectivity index (χ0v) is 19.5. The first-order valence-corrected chi connectivity index (χ1v) is 11.8. The standard InChI is InChI=1S/C27H33N3O3/c1-19-6-10-22(11-7-19)23-12-8-21(9-13-23)17-27(26(28)33)14-4-15-29(18-27)25(32)20(2)30-16-3-5-24(30)31/h6-13,20H,3-5,14-18H2,1-2H3,(H2,28,33)/t20-,27+/m0/s1. The van der Waals surface area contributed by atoms with E-state index in [-0.39, 0.29) is 17.7 Å². The smallest absolute Gasteiger partial charge is 0.245 e. The van der Waals surface area contributed by atoms with Gasteiger partial charge in [0, 0.05) is 26.1 Å². The summed E-state index contributed by atoms with van der Waals surface area (Å²) >= 11 is 0. The van der Waals surface area contributed by atoms with Gasteiger partial charge in [0.25, 0.3) is 0 Å². The Morgan fingerprint density at radius 2 is 1.64 bits per heavy atom. The highest BCUT2D eigenvalue weighted by Gasteiger charge is 2.43. The van der Waals surface area contributed by atoms with Crippen molar-refractivity contribution in [3.05, 3.63) is 59.7 Å². The fourth-order valence-corrected chi connectivity index (χ4v) is 5.18. The summed E-state index contributed by atoms with van der Waals surface area (Å²) in [5.74, 6) is -0.430. The molecule has 0 aromatic heterocycles. The molecule has 6 heteroatoms. The third kappa shape index (κ3) is 4.80. The minimum atomic E-state index is -0.798. The third-order valence-electron chi connectivity index (χ3n) is 7.23. The van der Waals surface area contributed by atoms with E-state index in [0.29, 0.717) is 38.9 Å². The number of piperidine rings is 1. The lowest BCUT2D eigenvalue weighted by Crippen LogP contribution is -2.56. The summed E-state index contributed by atoms with van der Waals surface area (Å²) in [6.45, 7) is 5.36. The van der Waals surface area contributed by atoms with Crippen LogP contribution in [-0.2, 0) is 20.8 Å². The Hall–Kier alpha value is -3.15. The molecule has 4 rings (SSSR count). The zero-order chi connectivity index (χ0) is 23.6. The van der Waals surface area contributed by atoms with Gasteiger partial charge in [0.2, 0.25) is 17.7 Å². The van der Waals surface area contributed by atoms with Crippen LogP contribution in [0, 0.1) is 12.3 Å². The van der Waals surface area contributed by atoms with Gasteiger partial charge in [-0.05, 0) is 56.2 Å². The first-order chi connectivity index (χ1) is 15.8. The minimum Gasteiger partial charge on any atom is -0.369 e. The monoisotopic (exact) mass is 447 g/mol. The van der Waals surface area contributed by atoms with Gasteiger partial charge in [0.1, 0.15) is 6.04 Å². The predicted octanol–water partition coefficient (Wildman–Crippen LogP) is 3.31. The fraction of sp³-hybridized carbons (Fsp3) is 0.444. The molecule has 0 spiro atoms. The van der Waals surface area contributed by atoms with Crippen molar-refractivity contribution in [3.63, 3.8) is 0 Å². The molecule has 3 amide bonds. The van der Waals surface area contributed by atoms with Gasteiger partial charge >= 0.3 is 0 Å². The van der Waals surface area contributed by atoms with Gasteiger partial charge in [-0.2, -0.15) is 0 Å². The topological polar surface area (TPSA) is 83.7 Å². The molecule has 6 nitrogen and oxygen atoms in total. The number of hydrogen-bond acceptors (Lipinski definition) is 3. The Balaban J connectivity index is 1.49. The van der Waals surface area contributed by atoms with Gasteiger partial charge in [-0.25, -0.2) is 0 Å². The highest BCUT2D eigenvalue weighted by atomic mass is 16.2. The van der Waals surface area contributed by atoms with Crippen molar-refractivity contribution in [3.8, 4) is 11.1 Å². The Kier molecular flexibility index (Phi) is 6.54. The second kappa shape index (κ2) is 9.38. The van der Waals surface area contributed by atoms with Gasteiger partial charge in [-0.15, -0.1) is 0 Å². The molecule has 2 aliphatic heterocycles. The Morgan fingerprint density at radius 3 is 2.21 bits per heavy atom. The molecule has 33 heavy (non-hydrogen) atoms. The van der Waals surface area contributed by atoms with Crippen LogP contribution in [0.5, 0.6) is 0 Å². The second-order valence-electron chi connectivity index (χ2n) is 9.61. The normalized spacial score (nSPS) is 21.8. The number of nitrogens with zero attached hydrogens (tertiary/aromatic N) is 2. The van der Waals surface area contributed by atoms with E-state index in [4.69, 9.17) is 5.73 Å². The SMILES string of the molecule is Cc1ccc(-c2ccc(C[C@]3(C(N)=O)CCCN(C(=O)[C@H](C)N4CCCC4=O)C3)cc2)cc1. The van der Waals surface area contributed by atoms with Crippen LogP contribution in [-0.4, -0.2) is 53.2 Å². The first-order valence-electron chi connectivity index (χ1n) is 11.8. The number of hydrogen-bond donors (Lipinski definition) is 1. The highest BCUT2D eigenvalue weighted by Crippen LogP contribution is 2.35. The zero-order valence-electron chi connectivity index (χ0n) is 19.5. The minimum absolute atomic E-state index is 0.0303. The Bertz CT molecular complexity index is 1030. The predicted molar refractivity (Wildman–Crippen MR) is 128 cm³/mol. The van der Waals surface area contributed by atoms with E-state index < -0.39 is 11.5 Å². The summed E-state index contributed by atoms with van der Waals surface area (Å²) < 4.78 is 0. The van der Waals surface area contributed by atoms with Gasteiger partial charge in [-0.3, -0.25) is 14.4 Å². The largest absolute Gasteiger partial charge is 0.369 e. The second-order valence-corrected chi connectivity index (χ2v) is 9.61. The number of likely N-dealkylation sites (tertiary alicyclic amines) is 2. The van der Waals surface area contributed by atoms with Crippen molar-refractivity contribution in [1.82, 2.24) is 9.80 Å². The van der Waals surface area contributed by atoms with Gasteiger partial charge in [0.15, 0.2) is 0 Å². The molecule has 2 saturated heterocycles. The molecule has 0 unspecified atom stereocenters. The summed E-state index contributed by atoms with van der Waals surface area (Å²) in [5, 5.41) is 0. The highest BCUT2D eigenvalue weighted by molar-refractivity contribution is 5.89. The van der Waals surface area contributed by atoms with Gasteiger partial charge < -0.3 is 15.5 Å². The van der Waals surface area contributed by atoms with E-state index in [1.54, 1.807) is 16.7 Å². The number of amides is 3. The molecule has 2 aromatic carbocycles. The number of rotatable bonds is 6. The molecule has 2 N–H and O–H groups in total. The lowest BCUT2D eigenvalue weighted by molar-refractivity contribution is -0.147. The van der Waals surface area contributed by atoms with Gasteiger partial charge in [-0.1, -0.05) is 54.1 Å². The lowest BCUT2D eigenvalue weighted by atomic mass is 9.74. The number of carbonyl (C=O) groups excluding carboxylic acids is 3. The summed E-state index contributed by atoms with van der Waals surface area (Å²) in [7, 11) is 0. The number of benzene rings is 2. The molecule has 174 valence electrons. The van der Waals surface area contributed by atoms with Crippen LogP contribution < -0.4 is 5.73 Å². The molecule has 2 fully saturated rings. The maximum absolute atomic E-state index is 13.2. The molecule has 0 bridgehead atoms. The van der Waals surface area contributed by atoms with Crippen molar-refractivity contribution in [2.24, 2.45) is 11.1 Å². The molecular weight excluding hydrogens is 414 g/mol. The average molecular weight is 448 g/mol. The summed E-state index contributed by atoms with van der Waals surface area (Å²) in [6.07, 6.45) is 3.17. The summed E-state index contributed by atoms with van der Waals surface area (Å²) in [6, 6.07) is 16.1. The van der Waals surface area contributed by atoms with Crippen LogP contribution in [0.15, 0.2) is 48.5 Å².